The highest BCUT2D eigenvalue weighted by molar-refractivity contribution is 6.30. The predicted molar refractivity (Wildman–Crippen MR) is 142 cm³/mol. The van der Waals surface area contributed by atoms with Crippen molar-refractivity contribution in [2.45, 2.75) is 0 Å². The lowest BCUT2D eigenvalue weighted by Crippen LogP contribution is -2.48. The number of nitrogens with one attached hydrogen (secondary N) is 1. The molecule has 0 atom stereocenters. The maximum Gasteiger partial charge on any atom is 0.240 e. The first-order valence-corrected chi connectivity index (χ1v) is 12.0. The van der Waals surface area contributed by atoms with Crippen molar-refractivity contribution in [1.82, 2.24) is 14.9 Å². The Balaban J connectivity index is 1.29. The zero-order valence-electron chi connectivity index (χ0n) is 19.3. The molecule has 1 aliphatic rings. The van der Waals surface area contributed by atoms with Crippen molar-refractivity contribution < 1.29 is 4.79 Å². The number of rotatable bonds is 6. The van der Waals surface area contributed by atoms with Gasteiger partial charge in [0.2, 0.25) is 11.9 Å². The highest BCUT2D eigenvalue weighted by Gasteiger charge is 2.20. The molecule has 6 nitrogen and oxygen atoms in total. The number of hydrogen-bond acceptors (Lipinski definition) is 5. The third-order valence-electron chi connectivity index (χ3n) is 6.05. The number of carbonyl (C=O) groups excluding carboxylic acids is 1. The van der Waals surface area contributed by atoms with Crippen molar-refractivity contribution in [3.05, 3.63) is 96.0 Å². The minimum Gasteiger partial charge on any atom is -0.369 e. The summed E-state index contributed by atoms with van der Waals surface area (Å²) in [6, 6.07) is 29.7. The molecule has 1 aliphatic heterocycles. The molecule has 176 valence electrons. The smallest absolute Gasteiger partial charge is 0.240 e. The van der Waals surface area contributed by atoms with E-state index in [1.807, 2.05) is 66.7 Å². The van der Waals surface area contributed by atoms with Gasteiger partial charge in [-0.1, -0.05) is 72.3 Å². The fourth-order valence-corrected chi connectivity index (χ4v) is 4.32. The van der Waals surface area contributed by atoms with E-state index in [0.717, 1.165) is 48.7 Å². The van der Waals surface area contributed by atoms with Crippen LogP contribution >= 0.6 is 11.6 Å². The highest BCUT2D eigenvalue weighted by atomic mass is 35.5. The van der Waals surface area contributed by atoms with Gasteiger partial charge in [0.1, 0.15) is 0 Å². The first kappa shape index (κ1) is 23.0. The number of halogens is 1. The number of anilines is 2. The van der Waals surface area contributed by atoms with Crippen LogP contribution in [0.15, 0.2) is 91.0 Å². The van der Waals surface area contributed by atoms with Gasteiger partial charge in [-0.25, -0.2) is 9.97 Å². The average molecular weight is 484 g/mol. The molecular weight excluding hydrogens is 458 g/mol. The fraction of sp³-hybridized carbons (Fsp3) is 0.179. The van der Waals surface area contributed by atoms with Crippen LogP contribution in [-0.2, 0) is 4.79 Å². The molecule has 0 spiro atoms. The van der Waals surface area contributed by atoms with Crippen molar-refractivity contribution in [1.29, 1.82) is 0 Å². The summed E-state index contributed by atoms with van der Waals surface area (Å²) in [5.41, 5.74) is 4.55. The molecule has 1 fully saturated rings. The quantitative estimate of drug-likeness (QED) is 0.407. The SMILES string of the molecule is O=C(CN1CCN(c2ccccc2)CC1)Nc1nc(-c2ccccc2)cc(-c2ccc(Cl)cc2)n1. The van der Waals surface area contributed by atoms with E-state index < -0.39 is 0 Å². The Morgan fingerprint density at radius 2 is 1.34 bits per heavy atom. The maximum atomic E-state index is 12.9. The van der Waals surface area contributed by atoms with Gasteiger partial charge in [-0.05, 0) is 30.3 Å². The van der Waals surface area contributed by atoms with E-state index in [1.165, 1.54) is 5.69 Å². The molecule has 0 radical (unpaired) electrons. The van der Waals surface area contributed by atoms with E-state index in [2.05, 4.69) is 49.4 Å². The summed E-state index contributed by atoms with van der Waals surface area (Å²) in [5, 5.41) is 3.58. The van der Waals surface area contributed by atoms with Gasteiger partial charge in [-0.3, -0.25) is 15.0 Å². The molecule has 1 amide bonds. The number of amides is 1. The molecule has 1 N–H and O–H groups in total. The molecule has 1 aromatic heterocycles. The number of para-hydroxylation sites is 1. The van der Waals surface area contributed by atoms with Crippen LogP contribution in [0.5, 0.6) is 0 Å². The first-order chi connectivity index (χ1) is 17.1. The van der Waals surface area contributed by atoms with Crippen LogP contribution in [0.3, 0.4) is 0 Å². The maximum absolute atomic E-state index is 12.9. The van der Waals surface area contributed by atoms with Gasteiger partial charge in [0, 0.05) is 48.0 Å². The Hall–Kier alpha value is -3.74. The summed E-state index contributed by atoms with van der Waals surface area (Å²) in [7, 11) is 0. The second-order valence-electron chi connectivity index (χ2n) is 8.48. The van der Waals surface area contributed by atoms with Gasteiger partial charge in [0.05, 0.1) is 17.9 Å². The lowest BCUT2D eigenvalue weighted by Gasteiger charge is -2.35. The standard InChI is InChI=1S/C28H26ClN5O/c29-23-13-11-22(12-14-23)26-19-25(21-7-3-1-4-8-21)30-28(31-26)32-27(35)20-33-15-17-34(18-16-33)24-9-5-2-6-10-24/h1-14,19H,15-18,20H2,(H,30,31,32,35). The summed E-state index contributed by atoms with van der Waals surface area (Å²) in [5.74, 6) is 0.176. The summed E-state index contributed by atoms with van der Waals surface area (Å²) in [6.45, 7) is 3.72. The molecule has 1 saturated heterocycles. The molecule has 5 rings (SSSR count). The molecular formula is C28H26ClN5O. The lowest BCUT2D eigenvalue weighted by molar-refractivity contribution is -0.117. The molecule has 0 saturated carbocycles. The zero-order valence-corrected chi connectivity index (χ0v) is 20.0. The van der Waals surface area contributed by atoms with Crippen molar-refractivity contribution in [3.63, 3.8) is 0 Å². The van der Waals surface area contributed by atoms with Gasteiger partial charge in [0.25, 0.3) is 0 Å². The first-order valence-electron chi connectivity index (χ1n) is 11.7. The lowest BCUT2D eigenvalue weighted by atomic mass is 10.1. The Kier molecular flexibility index (Phi) is 7.02. The summed E-state index contributed by atoms with van der Waals surface area (Å²) in [6.07, 6.45) is 0. The Morgan fingerprint density at radius 3 is 1.97 bits per heavy atom. The normalized spacial score (nSPS) is 14.0. The van der Waals surface area contributed by atoms with Crippen LogP contribution in [0.1, 0.15) is 0 Å². The molecule has 4 aromatic rings. The topological polar surface area (TPSA) is 61.4 Å². The number of carbonyl (C=O) groups is 1. The van der Waals surface area contributed by atoms with Crippen molar-refractivity contribution in [2.24, 2.45) is 0 Å². The van der Waals surface area contributed by atoms with Crippen molar-refractivity contribution in [2.75, 3.05) is 42.9 Å². The zero-order chi connectivity index (χ0) is 24.0. The molecule has 3 aromatic carbocycles. The van der Waals surface area contributed by atoms with E-state index in [9.17, 15) is 4.79 Å². The Morgan fingerprint density at radius 1 is 0.771 bits per heavy atom. The van der Waals surface area contributed by atoms with E-state index in [4.69, 9.17) is 11.6 Å². The second kappa shape index (κ2) is 10.7. The van der Waals surface area contributed by atoms with Gasteiger partial charge in [-0.2, -0.15) is 0 Å². The third kappa shape index (κ3) is 5.85. The number of benzene rings is 3. The van der Waals surface area contributed by atoms with Crippen LogP contribution < -0.4 is 10.2 Å². The molecule has 0 bridgehead atoms. The van der Waals surface area contributed by atoms with Gasteiger partial charge < -0.3 is 4.90 Å². The van der Waals surface area contributed by atoms with Gasteiger partial charge in [0.15, 0.2) is 0 Å². The average Bonchev–Trinajstić information content (AvgIpc) is 2.90. The number of hydrogen-bond donors (Lipinski definition) is 1. The van der Waals surface area contributed by atoms with Crippen molar-refractivity contribution >= 4 is 29.1 Å². The summed E-state index contributed by atoms with van der Waals surface area (Å²) >= 11 is 6.07. The molecule has 0 unspecified atom stereocenters. The van der Waals surface area contributed by atoms with E-state index in [0.29, 0.717) is 17.5 Å². The van der Waals surface area contributed by atoms with Crippen LogP contribution in [-0.4, -0.2) is 53.5 Å². The third-order valence-corrected chi connectivity index (χ3v) is 6.30. The summed E-state index contributed by atoms with van der Waals surface area (Å²) < 4.78 is 0. The highest BCUT2D eigenvalue weighted by Crippen LogP contribution is 2.26. The predicted octanol–water partition coefficient (Wildman–Crippen LogP) is 5.22. The molecule has 35 heavy (non-hydrogen) atoms. The number of nitrogens with zero attached hydrogens (tertiary/aromatic N) is 4. The number of piperazine rings is 1. The Labute approximate surface area is 210 Å². The van der Waals surface area contributed by atoms with Crippen LogP contribution in [0.4, 0.5) is 11.6 Å². The summed E-state index contributed by atoms with van der Waals surface area (Å²) in [4.78, 5) is 26.7. The van der Waals surface area contributed by atoms with E-state index in [-0.39, 0.29) is 5.91 Å². The Bertz CT molecular complexity index is 1270. The molecule has 2 heterocycles. The van der Waals surface area contributed by atoms with Gasteiger partial charge >= 0.3 is 0 Å². The molecule has 0 aliphatic carbocycles. The minimum absolute atomic E-state index is 0.120. The van der Waals surface area contributed by atoms with E-state index in [1.54, 1.807) is 0 Å². The van der Waals surface area contributed by atoms with Crippen LogP contribution in [0.2, 0.25) is 5.02 Å². The van der Waals surface area contributed by atoms with E-state index >= 15 is 0 Å². The fourth-order valence-electron chi connectivity index (χ4n) is 4.20. The molecule has 7 heteroatoms. The monoisotopic (exact) mass is 483 g/mol. The van der Waals surface area contributed by atoms with Crippen LogP contribution in [0.25, 0.3) is 22.5 Å². The second-order valence-corrected chi connectivity index (χ2v) is 8.92. The number of aromatic nitrogens is 2. The van der Waals surface area contributed by atoms with Crippen LogP contribution in [0, 0.1) is 0 Å². The van der Waals surface area contributed by atoms with Gasteiger partial charge in [-0.15, -0.1) is 0 Å². The largest absolute Gasteiger partial charge is 0.369 e. The van der Waals surface area contributed by atoms with Crippen molar-refractivity contribution in [3.8, 4) is 22.5 Å². The minimum atomic E-state index is -0.120.